The van der Waals surface area contributed by atoms with E-state index in [-0.39, 0.29) is 16.5 Å². The molecule has 1 aromatic heterocycles. The smallest absolute Gasteiger partial charge is 0.172 e. The zero-order valence-electron chi connectivity index (χ0n) is 11.9. The van der Waals surface area contributed by atoms with Gasteiger partial charge in [0.1, 0.15) is 17.3 Å². The highest BCUT2D eigenvalue weighted by molar-refractivity contribution is 6.31. The monoisotopic (exact) mass is 297 g/mol. The van der Waals surface area contributed by atoms with E-state index < -0.39 is 0 Å². The van der Waals surface area contributed by atoms with Gasteiger partial charge < -0.3 is 4.74 Å². The standard InChI is InChI=1S/C16H12ClN3O/c1-9-4-5-10(2)14-12(9)6-13(16(17)20-14)15(21-3)11(7-18)8-19/h4-6H,1-3H3. The first kappa shape index (κ1) is 14.8. The van der Waals surface area contributed by atoms with Crippen molar-refractivity contribution in [3.05, 3.63) is 45.6 Å². The first-order valence-electron chi connectivity index (χ1n) is 6.18. The fourth-order valence-electron chi connectivity index (χ4n) is 2.14. The van der Waals surface area contributed by atoms with Crippen LogP contribution in [0.2, 0.25) is 5.15 Å². The fourth-order valence-corrected chi connectivity index (χ4v) is 2.37. The molecule has 0 radical (unpaired) electrons. The predicted octanol–water partition coefficient (Wildman–Crippen LogP) is 3.91. The Morgan fingerprint density at radius 3 is 2.38 bits per heavy atom. The van der Waals surface area contributed by atoms with Gasteiger partial charge in [-0.2, -0.15) is 10.5 Å². The van der Waals surface area contributed by atoms with Gasteiger partial charge in [-0.05, 0) is 31.0 Å². The van der Waals surface area contributed by atoms with E-state index >= 15 is 0 Å². The van der Waals surface area contributed by atoms with Crippen molar-refractivity contribution < 1.29 is 4.74 Å². The minimum Gasteiger partial charge on any atom is -0.494 e. The molecule has 1 heterocycles. The predicted molar refractivity (Wildman–Crippen MR) is 81.4 cm³/mol. The maximum absolute atomic E-state index is 9.02. The number of ether oxygens (including phenoxy) is 1. The Balaban J connectivity index is 2.87. The van der Waals surface area contributed by atoms with Gasteiger partial charge >= 0.3 is 0 Å². The molecule has 4 nitrogen and oxygen atoms in total. The van der Waals surface area contributed by atoms with E-state index in [0.29, 0.717) is 5.56 Å². The number of hydrogen-bond donors (Lipinski definition) is 0. The molecule has 2 rings (SSSR count). The van der Waals surface area contributed by atoms with E-state index in [1.54, 1.807) is 6.07 Å². The van der Waals surface area contributed by atoms with E-state index in [2.05, 4.69) is 4.98 Å². The second-order valence-electron chi connectivity index (χ2n) is 4.55. The van der Waals surface area contributed by atoms with E-state index in [4.69, 9.17) is 26.9 Å². The van der Waals surface area contributed by atoms with Crippen LogP contribution in [-0.2, 0) is 4.74 Å². The Kier molecular flexibility index (Phi) is 4.12. The quantitative estimate of drug-likeness (QED) is 0.479. The van der Waals surface area contributed by atoms with Crippen molar-refractivity contribution in [2.24, 2.45) is 0 Å². The molecule has 104 valence electrons. The first-order valence-corrected chi connectivity index (χ1v) is 6.56. The minimum atomic E-state index is -0.133. The number of aromatic nitrogens is 1. The van der Waals surface area contributed by atoms with E-state index in [9.17, 15) is 0 Å². The fraction of sp³-hybridized carbons (Fsp3) is 0.188. The van der Waals surface area contributed by atoms with Crippen LogP contribution in [0.3, 0.4) is 0 Å². The van der Waals surface area contributed by atoms with Crippen molar-refractivity contribution in [2.45, 2.75) is 13.8 Å². The maximum Gasteiger partial charge on any atom is 0.172 e. The number of methoxy groups -OCH3 is 1. The zero-order valence-corrected chi connectivity index (χ0v) is 12.6. The molecule has 0 saturated carbocycles. The number of benzene rings is 1. The highest BCUT2D eigenvalue weighted by Crippen LogP contribution is 2.31. The SMILES string of the molecule is COC(=C(C#N)C#N)c1cc2c(C)ccc(C)c2nc1Cl. The van der Waals surface area contributed by atoms with E-state index in [1.807, 2.05) is 38.1 Å². The molecule has 0 saturated heterocycles. The highest BCUT2D eigenvalue weighted by Gasteiger charge is 2.16. The molecule has 0 unspecified atom stereocenters. The first-order chi connectivity index (χ1) is 10.0. The van der Waals surface area contributed by atoms with Gasteiger partial charge in [-0.15, -0.1) is 0 Å². The lowest BCUT2D eigenvalue weighted by Crippen LogP contribution is -1.97. The van der Waals surface area contributed by atoms with Crippen LogP contribution in [0.5, 0.6) is 0 Å². The van der Waals surface area contributed by atoms with Crippen LogP contribution in [0.1, 0.15) is 16.7 Å². The molecule has 0 aliphatic rings. The Bertz CT molecular complexity index is 825. The Labute approximate surface area is 127 Å². The van der Waals surface area contributed by atoms with Crippen molar-refractivity contribution in [2.75, 3.05) is 7.11 Å². The normalized spacial score (nSPS) is 9.81. The topological polar surface area (TPSA) is 69.7 Å². The minimum absolute atomic E-state index is 0.133. The lowest BCUT2D eigenvalue weighted by atomic mass is 10.0. The molecule has 0 bridgehead atoms. The van der Waals surface area contributed by atoms with Crippen LogP contribution < -0.4 is 0 Å². The molecule has 21 heavy (non-hydrogen) atoms. The molecule has 0 aliphatic heterocycles. The van der Waals surface area contributed by atoms with Crippen LogP contribution in [0.4, 0.5) is 0 Å². The summed E-state index contributed by atoms with van der Waals surface area (Å²) in [4.78, 5) is 4.39. The number of fused-ring (bicyclic) bond motifs is 1. The maximum atomic E-state index is 9.02. The van der Waals surface area contributed by atoms with Gasteiger partial charge in [0.25, 0.3) is 0 Å². The summed E-state index contributed by atoms with van der Waals surface area (Å²) in [6.45, 7) is 3.92. The van der Waals surface area contributed by atoms with Gasteiger partial charge in [0, 0.05) is 5.39 Å². The van der Waals surface area contributed by atoms with Gasteiger partial charge in [0.15, 0.2) is 11.3 Å². The summed E-state index contributed by atoms with van der Waals surface area (Å²) in [5.41, 5.74) is 3.15. The highest BCUT2D eigenvalue weighted by atomic mass is 35.5. The lowest BCUT2D eigenvalue weighted by molar-refractivity contribution is 0.369. The molecular weight excluding hydrogens is 286 g/mol. The van der Waals surface area contributed by atoms with Crippen molar-refractivity contribution in [1.82, 2.24) is 4.98 Å². The van der Waals surface area contributed by atoms with Crippen molar-refractivity contribution in [3.63, 3.8) is 0 Å². The Morgan fingerprint density at radius 1 is 1.19 bits per heavy atom. The molecule has 0 N–H and O–H groups in total. The number of pyridine rings is 1. The Hall–Kier alpha value is -2.56. The van der Waals surface area contributed by atoms with Gasteiger partial charge in [-0.3, -0.25) is 0 Å². The summed E-state index contributed by atoms with van der Waals surface area (Å²) < 4.78 is 5.19. The number of hydrogen-bond acceptors (Lipinski definition) is 4. The van der Waals surface area contributed by atoms with Crippen LogP contribution in [-0.4, -0.2) is 12.1 Å². The molecule has 0 fully saturated rings. The second kappa shape index (κ2) is 5.83. The molecular formula is C16H12ClN3O. The molecule has 5 heteroatoms. The van der Waals surface area contributed by atoms with E-state index in [0.717, 1.165) is 22.0 Å². The van der Waals surface area contributed by atoms with Crippen molar-refractivity contribution >= 4 is 28.3 Å². The largest absolute Gasteiger partial charge is 0.494 e. The van der Waals surface area contributed by atoms with Crippen molar-refractivity contribution in [3.8, 4) is 12.1 Å². The summed E-state index contributed by atoms with van der Waals surface area (Å²) in [7, 11) is 1.40. The molecule has 0 amide bonds. The number of halogens is 1. The number of rotatable bonds is 2. The summed E-state index contributed by atoms with van der Waals surface area (Å²) in [5.74, 6) is 0.139. The third-order valence-corrected chi connectivity index (χ3v) is 3.55. The molecule has 0 spiro atoms. The van der Waals surface area contributed by atoms with Gasteiger partial charge in [-0.1, -0.05) is 23.7 Å². The number of aryl methyl sites for hydroxylation is 2. The third-order valence-electron chi connectivity index (χ3n) is 3.26. The number of allylic oxidation sites excluding steroid dienone is 1. The number of nitrogens with zero attached hydrogens (tertiary/aromatic N) is 3. The summed E-state index contributed by atoms with van der Waals surface area (Å²) in [6, 6.07) is 9.39. The summed E-state index contributed by atoms with van der Waals surface area (Å²) in [5, 5.41) is 19.2. The van der Waals surface area contributed by atoms with Crippen LogP contribution in [0.15, 0.2) is 23.8 Å². The molecule has 1 aromatic carbocycles. The summed E-state index contributed by atoms with van der Waals surface area (Å²) in [6.07, 6.45) is 0. The zero-order chi connectivity index (χ0) is 15.6. The Morgan fingerprint density at radius 2 is 1.81 bits per heavy atom. The lowest BCUT2D eigenvalue weighted by Gasteiger charge is -2.12. The second-order valence-corrected chi connectivity index (χ2v) is 4.91. The van der Waals surface area contributed by atoms with Gasteiger partial charge in [-0.25, -0.2) is 4.98 Å². The van der Waals surface area contributed by atoms with Crippen LogP contribution in [0.25, 0.3) is 16.7 Å². The van der Waals surface area contributed by atoms with Crippen molar-refractivity contribution in [1.29, 1.82) is 10.5 Å². The molecule has 0 aliphatic carbocycles. The summed E-state index contributed by atoms with van der Waals surface area (Å²) >= 11 is 6.21. The van der Waals surface area contributed by atoms with Crippen LogP contribution >= 0.6 is 11.6 Å². The third kappa shape index (κ3) is 2.54. The van der Waals surface area contributed by atoms with Gasteiger partial charge in [0.2, 0.25) is 0 Å². The number of nitriles is 2. The average molecular weight is 298 g/mol. The van der Waals surface area contributed by atoms with E-state index in [1.165, 1.54) is 7.11 Å². The molecule has 2 aromatic rings. The van der Waals surface area contributed by atoms with Crippen LogP contribution in [0, 0.1) is 36.5 Å². The average Bonchev–Trinajstić information content (AvgIpc) is 2.49. The van der Waals surface area contributed by atoms with Gasteiger partial charge in [0.05, 0.1) is 18.2 Å². The molecule has 0 atom stereocenters.